The lowest BCUT2D eigenvalue weighted by Crippen LogP contribution is -2.29. The first-order valence-electron chi connectivity index (χ1n) is 9.85. The average molecular weight is 395 g/mol. The van der Waals surface area contributed by atoms with Crippen molar-refractivity contribution >= 4 is 17.9 Å². The third-order valence-corrected chi connectivity index (χ3v) is 5.05. The van der Waals surface area contributed by atoms with E-state index < -0.39 is 24.0 Å². The number of hydrogen-bond acceptors (Lipinski definition) is 6. The van der Waals surface area contributed by atoms with E-state index in [4.69, 9.17) is 14.2 Å². The van der Waals surface area contributed by atoms with Gasteiger partial charge in [-0.25, -0.2) is 4.79 Å². The fourth-order valence-corrected chi connectivity index (χ4v) is 3.56. The molecule has 0 N–H and O–H groups in total. The summed E-state index contributed by atoms with van der Waals surface area (Å²) in [4.78, 5) is 34.2. The quantitative estimate of drug-likeness (QED) is 0.251. The van der Waals surface area contributed by atoms with Crippen molar-refractivity contribution in [3.8, 4) is 0 Å². The van der Waals surface area contributed by atoms with Crippen molar-refractivity contribution in [2.24, 2.45) is 5.41 Å². The highest BCUT2D eigenvalue weighted by molar-refractivity contribution is 5.83. The number of allylic oxidation sites excluding steroid dienone is 3. The highest BCUT2D eigenvalue weighted by atomic mass is 16.6. The Morgan fingerprint density at radius 3 is 2.14 bits per heavy atom. The predicted molar refractivity (Wildman–Crippen MR) is 106 cm³/mol. The molecule has 0 aliphatic heterocycles. The van der Waals surface area contributed by atoms with Crippen LogP contribution in [0.25, 0.3) is 0 Å². The highest BCUT2D eigenvalue weighted by Crippen LogP contribution is 2.42. The van der Waals surface area contributed by atoms with Crippen LogP contribution in [0.5, 0.6) is 0 Å². The van der Waals surface area contributed by atoms with Gasteiger partial charge in [-0.1, -0.05) is 30.6 Å². The minimum Gasteiger partial charge on any atom is -0.462 e. The molecule has 0 amide bonds. The normalized spacial score (nSPS) is 16.8. The Morgan fingerprint density at radius 2 is 1.64 bits per heavy atom. The van der Waals surface area contributed by atoms with Crippen LogP contribution in [0.1, 0.15) is 73.6 Å². The first-order chi connectivity index (χ1) is 13.0. The maximum Gasteiger partial charge on any atom is 0.331 e. The zero-order valence-electron chi connectivity index (χ0n) is 18.1. The van der Waals surface area contributed by atoms with Crippen molar-refractivity contribution in [2.75, 3.05) is 13.2 Å². The van der Waals surface area contributed by atoms with Gasteiger partial charge < -0.3 is 14.2 Å². The van der Waals surface area contributed by atoms with Gasteiger partial charge in [0.15, 0.2) is 6.10 Å². The summed E-state index contributed by atoms with van der Waals surface area (Å²) in [6, 6.07) is 0. The lowest BCUT2D eigenvalue weighted by atomic mass is 9.71. The Hall–Kier alpha value is -2.11. The second-order valence-electron chi connectivity index (χ2n) is 8.15. The van der Waals surface area contributed by atoms with Crippen molar-refractivity contribution < 1.29 is 28.6 Å². The van der Waals surface area contributed by atoms with E-state index in [1.807, 2.05) is 6.92 Å². The van der Waals surface area contributed by atoms with Gasteiger partial charge in [-0.05, 0) is 51.4 Å². The summed E-state index contributed by atoms with van der Waals surface area (Å²) in [7, 11) is 0. The Morgan fingerprint density at radius 1 is 1.07 bits per heavy atom. The van der Waals surface area contributed by atoms with Crippen molar-refractivity contribution in [3.63, 3.8) is 0 Å². The summed E-state index contributed by atoms with van der Waals surface area (Å²) in [5.41, 5.74) is 4.09. The maximum atomic E-state index is 12.2. The van der Waals surface area contributed by atoms with E-state index in [0.29, 0.717) is 0 Å². The topological polar surface area (TPSA) is 78.9 Å². The number of ether oxygens (including phenoxy) is 3. The third-order valence-electron chi connectivity index (χ3n) is 5.05. The zero-order chi connectivity index (χ0) is 21.3. The second kappa shape index (κ2) is 11.0. The molecule has 0 aromatic heterocycles. The molecule has 0 saturated carbocycles. The van der Waals surface area contributed by atoms with Crippen LogP contribution in [-0.2, 0) is 28.6 Å². The molecular formula is C22H34O6. The van der Waals surface area contributed by atoms with E-state index in [-0.39, 0.29) is 18.6 Å². The molecule has 0 aromatic carbocycles. The van der Waals surface area contributed by atoms with Crippen molar-refractivity contribution in [1.82, 2.24) is 0 Å². The maximum absolute atomic E-state index is 12.2. The molecule has 6 nitrogen and oxygen atoms in total. The molecule has 1 aliphatic rings. The van der Waals surface area contributed by atoms with Gasteiger partial charge in [0.05, 0.1) is 0 Å². The molecule has 0 aromatic rings. The van der Waals surface area contributed by atoms with Crippen LogP contribution in [0.4, 0.5) is 0 Å². The molecule has 0 bridgehead atoms. The van der Waals surface area contributed by atoms with Gasteiger partial charge in [0.25, 0.3) is 0 Å². The van der Waals surface area contributed by atoms with Crippen LogP contribution >= 0.6 is 0 Å². The average Bonchev–Trinajstić information content (AvgIpc) is 2.55. The second-order valence-corrected chi connectivity index (χ2v) is 8.15. The van der Waals surface area contributed by atoms with Gasteiger partial charge in [0, 0.05) is 19.9 Å². The summed E-state index contributed by atoms with van der Waals surface area (Å²) in [6.45, 7) is 10.9. The van der Waals surface area contributed by atoms with Crippen LogP contribution in [-0.4, -0.2) is 37.2 Å². The first-order valence-corrected chi connectivity index (χ1v) is 9.85. The minimum absolute atomic E-state index is 0.151. The summed E-state index contributed by atoms with van der Waals surface area (Å²) in [5, 5.41) is 0. The van der Waals surface area contributed by atoms with Crippen molar-refractivity contribution in [3.05, 3.63) is 22.8 Å². The van der Waals surface area contributed by atoms with Crippen molar-refractivity contribution in [2.45, 2.75) is 79.8 Å². The number of carbonyl (C=O) groups is 3. The molecule has 0 atom stereocenters. The SMILES string of the molecule is CC(=O)OCC(COC(C)=O)OC(=O)C=C(C)CCC1=C(C)CCCC1(C)C. The van der Waals surface area contributed by atoms with Crippen LogP contribution in [0.2, 0.25) is 0 Å². The number of esters is 3. The van der Waals surface area contributed by atoms with Crippen LogP contribution in [0.3, 0.4) is 0 Å². The van der Waals surface area contributed by atoms with E-state index in [0.717, 1.165) is 24.8 Å². The summed E-state index contributed by atoms with van der Waals surface area (Å²) >= 11 is 0. The standard InChI is InChI=1S/C22H34O6/c1-15(9-10-20-16(2)8-7-11-22(20,5)6)12-21(25)28-19(13-26-17(3)23)14-27-18(4)24/h12,19H,7-11,13-14H2,1-6H3. The molecule has 1 aliphatic carbocycles. The molecule has 0 heterocycles. The smallest absolute Gasteiger partial charge is 0.331 e. The number of rotatable bonds is 9. The van der Waals surface area contributed by atoms with Gasteiger partial charge >= 0.3 is 17.9 Å². The van der Waals surface area contributed by atoms with Gasteiger partial charge in [0.2, 0.25) is 0 Å². The van der Waals surface area contributed by atoms with Crippen LogP contribution < -0.4 is 0 Å². The van der Waals surface area contributed by atoms with Gasteiger partial charge in [0.1, 0.15) is 13.2 Å². The molecule has 6 heteroatoms. The molecule has 1 rings (SSSR count). The Kier molecular flexibility index (Phi) is 9.42. The number of carbonyl (C=O) groups excluding carboxylic acids is 3. The Balaban J connectivity index is 2.64. The van der Waals surface area contributed by atoms with Gasteiger partial charge in [-0.3, -0.25) is 9.59 Å². The number of hydrogen-bond donors (Lipinski definition) is 0. The molecule has 0 unspecified atom stereocenters. The molecule has 28 heavy (non-hydrogen) atoms. The summed E-state index contributed by atoms with van der Waals surface area (Å²) in [5.74, 6) is -1.51. The predicted octanol–water partition coefficient (Wildman–Crippen LogP) is 4.28. The first kappa shape index (κ1) is 23.9. The van der Waals surface area contributed by atoms with Gasteiger partial charge in [-0.2, -0.15) is 0 Å². The lowest BCUT2D eigenvalue weighted by Gasteiger charge is -2.34. The Bertz CT molecular complexity index is 623. The van der Waals surface area contributed by atoms with Gasteiger partial charge in [-0.15, -0.1) is 0 Å². The largest absolute Gasteiger partial charge is 0.462 e. The highest BCUT2D eigenvalue weighted by Gasteiger charge is 2.27. The van der Waals surface area contributed by atoms with E-state index in [1.54, 1.807) is 0 Å². The fourth-order valence-electron chi connectivity index (χ4n) is 3.56. The lowest BCUT2D eigenvalue weighted by molar-refractivity contribution is -0.162. The fraction of sp³-hybridized carbons (Fsp3) is 0.682. The zero-order valence-corrected chi connectivity index (χ0v) is 18.1. The van der Waals surface area contributed by atoms with Crippen LogP contribution in [0, 0.1) is 5.41 Å². The van der Waals surface area contributed by atoms with Crippen molar-refractivity contribution in [1.29, 1.82) is 0 Å². The summed E-state index contributed by atoms with van der Waals surface area (Å²) in [6.07, 6.45) is 5.92. The molecule has 0 spiro atoms. The van der Waals surface area contributed by atoms with E-state index in [2.05, 4.69) is 20.8 Å². The van der Waals surface area contributed by atoms with E-state index in [9.17, 15) is 14.4 Å². The summed E-state index contributed by atoms with van der Waals surface area (Å²) < 4.78 is 15.0. The molecule has 0 fully saturated rings. The third kappa shape index (κ3) is 8.72. The Labute approximate surface area is 168 Å². The van der Waals surface area contributed by atoms with Crippen LogP contribution in [0.15, 0.2) is 22.8 Å². The molecular weight excluding hydrogens is 360 g/mol. The van der Waals surface area contributed by atoms with E-state index >= 15 is 0 Å². The molecule has 0 radical (unpaired) electrons. The molecule has 0 saturated heterocycles. The minimum atomic E-state index is -0.827. The van der Waals surface area contributed by atoms with E-state index in [1.165, 1.54) is 43.9 Å². The monoisotopic (exact) mass is 394 g/mol. The molecule has 158 valence electrons.